The van der Waals surface area contributed by atoms with Crippen LogP contribution in [0, 0.1) is 0 Å². The van der Waals surface area contributed by atoms with E-state index < -0.39 is 0 Å². The van der Waals surface area contributed by atoms with E-state index in [2.05, 4.69) is 10.3 Å². The number of benzene rings is 1. The molecular weight excluding hydrogens is 342 g/mol. The summed E-state index contributed by atoms with van der Waals surface area (Å²) in [5, 5.41) is 3.13. The fourth-order valence-corrected chi connectivity index (χ4v) is 3.17. The van der Waals surface area contributed by atoms with Gasteiger partial charge in [0.2, 0.25) is 0 Å². The number of esters is 1. The van der Waals surface area contributed by atoms with Crippen LogP contribution in [0.1, 0.15) is 53.3 Å². The van der Waals surface area contributed by atoms with Gasteiger partial charge < -0.3 is 15.0 Å². The Morgan fingerprint density at radius 3 is 2.48 bits per heavy atom. The highest BCUT2D eigenvalue weighted by Crippen LogP contribution is 2.21. The highest BCUT2D eigenvalue weighted by Gasteiger charge is 2.18. The SMILES string of the molecule is CCOC(=O)c1ccccc1Nc1ccc(C(=O)N2CCCCCC2)cn1. The average Bonchev–Trinajstić information content (AvgIpc) is 2.98. The molecule has 6 nitrogen and oxygen atoms in total. The van der Waals surface area contributed by atoms with Crippen molar-refractivity contribution in [1.29, 1.82) is 0 Å². The Bertz CT molecular complexity index is 782. The first-order chi connectivity index (χ1) is 13.2. The molecule has 1 amide bonds. The van der Waals surface area contributed by atoms with Crippen LogP contribution in [0.4, 0.5) is 11.5 Å². The minimum Gasteiger partial charge on any atom is -0.462 e. The molecule has 2 aromatic rings. The molecule has 0 spiro atoms. The van der Waals surface area contributed by atoms with Gasteiger partial charge in [0.25, 0.3) is 5.91 Å². The second-order valence-electron chi connectivity index (χ2n) is 6.53. The summed E-state index contributed by atoms with van der Waals surface area (Å²) in [6.07, 6.45) is 6.07. The number of aromatic nitrogens is 1. The van der Waals surface area contributed by atoms with Crippen LogP contribution in [-0.4, -0.2) is 41.5 Å². The highest BCUT2D eigenvalue weighted by atomic mass is 16.5. The predicted octanol–water partition coefficient (Wildman–Crippen LogP) is 4.02. The second kappa shape index (κ2) is 9.16. The van der Waals surface area contributed by atoms with Gasteiger partial charge in [0, 0.05) is 19.3 Å². The third-order valence-corrected chi connectivity index (χ3v) is 4.59. The van der Waals surface area contributed by atoms with Crippen molar-refractivity contribution in [2.24, 2.45) is 0 Å². The van der Waals surface area contributed by atoms with Crippen LogP contribution in [0.5, 0.6) is 0 Å². The lowest BCUT2D eigenvalue weighted by molar-refractivity contribution is 0.0527. The quantitative estimate of drug-likeness (QED) is 0.808. The summed E-state index contributed by atoms with van der Waals surface area (Å²) in [6.45, 7) is 3.71. The number of pyridine rings is 1. The van der Waals surface area contributed by atoms with E-state index in [0.717, 1.165) is 25.9 Å². The van der Waals surface area contributed by atoms with Gasteiger partial charge in [0.05, 0.1) is 23.4 Å². The molecule has 1 fully saturated rings. The molecule has 1 aromatic heterocycles. The van der Waals surface area contributed by atoms with Crippen molar-refractivity contribution in [3.8, 4) is 0 Å². The van der Waals surface area contributed by atoms with Crippen LogP contribution in [0.25, 0.3) is 0 Å². The van der Waals surface area contributed by atoms with E-state index >= 15 is 0 Å². The zero-order chi connectivity index (χ0) is 19.1. The van der Waals surface area contributed by atoms with E-state index in [-0.39, 0.29) is 11.9 Å². The number of hydrogen-bond donors (Lipinski definition) is 1. The van der Waals surface area contributed by atoms with Crippen molar-refractivity contribution in [2.45, 2.75) is 32.6 Å². The topological polar surface area (TPSA) is 71.5 Å². The number of hydrogen-bond acceptors (Lipinski definition) is 5. The van der Waals surface area contributed by atoms with Crippen molar-refractivity contribution in [3.63, 3.8) is 0 Å². The number of anilines is 2. The zero-order valence-corrected chi connectivity index (χ0v) is 15.6. The van der Waals surface area contributed by atoms with Gasteiger partial charge in [-0.05, 0) is 44.0 Å². The van der Waals surface area contributed by atoms with Crippen molar-refractivity contribution >= 4 is 23.4 Å². The van der Waals surface area contributed by atoms with Crippen LogP contribution in [-0.2, 0) is 4.74 Å². The van der Waals surface area contributed by atoms with Crippen LogP contribution < -0.4 is 5.32 Å². The molecule has 2 heterocycles. The van der Waals surface area contributed by atoms with Gasteiger partial charge in [0.15, 0.2) is 0 Å². The molecule has 1 saturated heterocycles. The summed E-state index contributed by atoms with van der Waals surface area (Å²) in [5.41, 5.74) is 1.65. The van der Waals surface area contributed by atoms with Crippen LogP contribution in [0.15, 0.2) is 42.6 Å². The number of nitrogens with zero attached hydrogens (tertiary/aromatic N) is 2. The Balaban J connectivity index is 1.71. The molecule has 0 bridgehead atoms. The van der Waals surface area contributed by atoms with Crippen molar-refractivity contribution < 1.29 is 14.3 Å². The van der Waals surface area contributed by atoms with E-state index in [4.69, 9.17) is 4.74 Å². The number of nitrogens with one attached hydrogen (secondary N) is 1. The highest BCUT2D eigenvalue weighted by molar-refractivity contribution is 5.96. The molecule has 1 aromatic carbocycles. The molecule has 0 unspecified atom stereocenters. The maximum atomic E-state index is 12.6. The minimum atomic E-state index is -0.381. The van der Waals surface area contributed by atoms with Crippen molar-refractivity contribution in [1.82, 2.24) is 9.88 Å². The first-order valence-electron chi connectivity index (χ1n) is 9.47. The first kappa shape index (κ1) is 18.9. The fraction of sp³-hybridized carbons (Fsp3) is 0.381. The molecule has 6 heteroatoms. The average molecular weight is 367 g/mol. The monoisotopic (exact) mass is 367 g/mol. The van der Waals surface area contributed by atoms with Gasteiger partial charge in [-0.2, -0.15) is 0 Å². The maximum absolute atomic E-state index is 12.6. The maximum Gasteiger partial charge on any atom is 0.340 e. The van der Waals surface area contributed by atoms with Crippen LogP contribution in [0.3, 0.4) is 0 Å². The van der Waals surface area contributed by atoms with Crippen LogP contribution >= 0.6 is 0 Å². The Morgan fingerprint density at radius 1 is 1.07 bits per heavy atom. The number of ether oxygens (including phenoxy) is 1. The zero-order valence-electron chi connectivity index (χ0n) is 15.6. The summed E-state index contributed by atoms with van der Waals surface area (Å²) in [5.74, 6) is 0.218. The lowest BCUT2D eigenvalue weighted by Gasteiger charge is -2.20. The van der Waals surface area contributed by atoms with Crippen molar-refractivity contribution in [2.75, 3.05) is 25.0 Å². The third kappa shape index (κ3) is 4.84. The smallest absolute Gasteiger partial charge is 0.340 e. The molecule has 1 aliphatic heterocycles. The number of carbonyl (C=O) groups excluding carboxylic acids is 2. The second-order valence-corrected chi connectivity index (χ2v) is 6.53. The Hall–Kier alpha value is -2.89. The summed E-state index contributed by atoms with van der Waals surface area (Å²) in [6, 6.07) is 10.7. The Kier molecular flexibility index (Phi) is 6.41. The molecule has 0 aliphatic carbocycles. The summed E-state index contributed by atoms with van der Waals surface area (Å²) in [4.78, 5) is 31.0. The Labute approximate surface area is 159 Å². The van der Waals surface area contributed by atoms with Gasteiger partial charge in [-0.15, -0.1) is 0 Å². The fourth-order valence-electron chi connectivity index (χ4n) is 3.17. The van der Waals surface area contributed by atoms with E-state index in [1.54, 1.807) is 43.5 Å². The van der Waals surface area contributed by atoms with E-state index in [1.165, 1.54) is 12.8 Å². The van der Waals surface area contributed by atoms with E-state index in [0.29, 0.717) is 29.2 Å². The molecule has 1 aliphatic rings. The number of carbonyl (C=O) groups is 2. The molecule has 0 saturated carbocycles. The van der Waals surface area contributed by atoms with Gasteiger partial charge in [-0.1, -0.05) is 25.0 Å². The predicted molar refractivity (Wildman–Crippen MR) is 104 cm³/mol. The number of rotatable bonds is 5. The lowest BCUT2D eigenvalue weighted by Crippen LogP contribution is -2.31. The normalized spacial score (nSPS) is 14.3. The van der Waals surface area contributed by atoms with Gasteiger partial charge in [0.1, 0.15) is 5.82 Å². The molecule has 3 rings (SSSR count). The van der Waals surface area contributed by atoms with Crippen LogP contribution in [0.2, 0.25) is 0 Å². The minimum absolute atomic E-state index is 0.0304. The summed E-state index contributed by atoms with van der Waals surface area (Å²) in [7, 11) is 0. The molecule has 1 N–H and O–H groups in total. The largest absolute Gasteiger partial charge is 0.462 e. The van der Waals surface area contributed by atoms with Crippen molar-refractivity contribution in [3.05, 3.63) is 53.7 Å². The standard InChI is InChI=1S/C21H25N3O3/c1-2-27-21(26)17-9-5-6-10-18(17)23-19-12-11-16(15-22-19)20(25)24-13-7-3-4-8-14-24/h5-6,9-12,15H,2-4,7-8,13-14H2,1H3,(H,22,23). The molecular formula is C21H25N3O3. The first-order valence-corrected chi connectivity index (χ1v) is 9.47. The molecule has 0 atom stereocenters. The number of amides is 1. The number of likely N-dealkylation sites (tertiary alicyclic amines) is 1. The molecule has 0 radical (unpaired) electrons. The molecule has 142 valence electrons. The van der Waals surface area contributed by atoms with Gasteiger partial charge in [-0.3, -0.25) is 4.79 Å². The van der Waals surface area contributed by atoms with Gasteiger partial charge in [-0.25, -0.2) is 9.78 Å². The Morgan fingerprint density at radius 2 is 1.81 bits per heavy atom. The number of para-hydroxylation sites is 1. The van der Waals surface area contributed by atoms with E-state index in [9.17, 15) is 9.59 Å². The van der Waals surface area contributed by atoms with Gasteiger partial charge >= 0.3 is 5.97 Å². The summed E-state index contributed by atoms with van der Waals surface area (Å²) < 4.78 is 5.08. The van der Waals surface area contributed by atoms with E-state index in [1.807, 2.05) is 11.0 Å². The summed E-state index contributed by atoms with van der Waals surface area (Å²) >= 11 is 0. The molecule has 27 heavy (non-hydrogen) atoms. The lowest BCUT2D eigenvalue weighted by atomic mass is 10.1. The third-order valence-electron chi connectivity index (χ3n) is 4.59.